The quantitative estimate of drug-likeness (QED) is 0.783. The first-order valence-electron chi connectivity index (χ1n) is 7.41. The highest BCUT2D eigenvalue weighted by molar-refractivity contribution is 6.17. The lowest BCUT2D eigenvalue weighted by Crippen LogP contribution is -2.45. The largest absolute Gasteiger partial charge is 0.488 e. The van der Waals surface area contributed by atoms with E-state index in [0.29, 0.717) is 12.1 Å². The van der Waals surface area contributed by atoms with Crippen molar-refractivity contribution < 1.29 is 4.74 Å². The molecule has 0 aromatic heterocycles. The smallest absolute Gasteiger partial charge is 0.123 e. The third-order valence-corrected chi connectivity index (χ3v) is 4.56. The first-order valence-corrected chi connectivity index (χ1v) is 7.95. The Morgan fingerprint density at radius 3 is 3.00 bits per heavy atom. The van der Waals surface area contributed by atoms with Crippen LogP contribution in [0.3, 0.4) is 0 Å². The summed E-state index contributed by atoms with van der Waals surface area (Å²) in [4.78, 5) is 2.60. The number of benzene rings is 1. The van der Waals surface area contributed by atoms with Gasteiger partial charge in [-0.1, -0.05) is 24.6 Å². The molecule has 1 aromatic carbocycles. The lowest BCUT2D eigenvalue weighted by Gasteiger charge is -2.36. The molecule has 0 bridgehead atoms. The number of hydrogen-bond acceptors (Lipinski definition) is 2. The van der Waals surface area contributed by atoms with Crippen LogP contribution in [0.5, 0.6) is 5.75 Å². The van der Waals surface area contributed by atoms with E-state index in [0.717, 1.165) is 31.0 Å². The fraction of sp³-hybridized carbons (Fsp3) is 0.625. The van der Waals surface area contributed by atoms with E-state index >= 15 is 0 Å². The van der Waals surface area contributed by atoms with Crippen molar-refractivity contribution in [2.45, 2.75) is 44.2 Å². The van der Waals surface area contributed by atoms with Crippen LogP contribution in [0.15, 0.2) is 24.3 Å². The summed E-state index contributed by atoms with van der Waals surface area (Å²) in [6, 6.07) is 9.09. The van der Waals surface area contributed by atoms with Crippen molar-refractivity contribution in [2.24, 2.45) is 0 Å². The highest BCUT2D eigenvalue weighted by atomic mass is 35.5. The van der Waals surface area contributed by atoms with Gasteiger partial charge in [0.2, 0.25) is 0 Å². The second-order valence-electron chi connectivity index (χ2n) is 5.67. The number of ether oxygens (including phenoxy) is 1. The van der Waals surface area contributed by atoms with Crippen molar-refractivity contribution in [3.8, 4) is 5.75 Å². The van der Waals surface area contributed by atoms with Gasteiger partial charge in [-0.05, 0) is 37.4 Å². The van der Waals surface area contributed by atoms with Gasteiger partial charge in [-0.2, -0.15) is 0 Å². The van der Waals surface area contributed by atoms with Gasteiger partial charge in [0.25, 0.3) is 0 Å². The average Bonchev–Trinajstić information content (AvgIpc) is 2.83. The topological polar surface area (TPSA) is 12.5 Å². The normalized spacial score (nSPS) is 27.0. The van der Waals surface area contributed by atoms with E-state index in [2.05, 4.69) is 29.2 Å². The van der Waals surface area contributed by atoms with Crippen molar-refractivity contribution in [3.05, 3.63) is 29.8 Å². The fourth-order valence-corrected chi connectivity index (χ4v) is 3.62. The minimum Gasteiger partial charge on any atom is -0.488 e. The highest BCUT2D eigenvalue weighted by Gasteiger charge is 2.28. The minimum atomic E-state index is 0.327. The van der Waals surface area contributed by atoms with E-state index in [1.165, 1.54) is 31.4 Å². The SMILES string of the molecule is ClCCC1CCCCN1CC1Cc2ccccc2O1. The van der Waals surface area contributed by atoms with Crippen molar-refractivity contribution in [1.29, 1.82) is 0 Å². The van der Waals surface area contributed by atoms with Gasteiger partial charge >= 0.3 is 0 Å². The number of halogens is 1. The van der Waals surface area contributed by atoms with Gasteiger partial charge in [-0.3, -0.25) is 4.90 Å². The molecule has 1 saturated heterocycles. The Bertz CT molecular complexity index is 396. The van der Waals surface area contributed by atoms with Gasteiger partial charge in [0, 0.05) is 24.9 Å². The Morgan fingerprint density at radius 1 is 1.26 bits per heavy atom. The van der Waals surface area contributed by atoms with E-state index in [4.69, 9.17) is 16.3 Å². The molecular formula is C16H22ClNO. The maximum absolute atomic E-state index is 6.06. The van der Waals surface area contributed by atoms with Crippen LogP contribution in [-0.4, -0.2) is 36.0 Å². The van der Waals surface area contributed by atoms with Crippen LogP contribution in [0, 0.1) is 0 Å². The van der Waals surface area contributed by atoms with Crippen LogP contribution in [0.1, 0.15) is 31.2 Å². The minimum absolute atomic E-state index is 0.327. The number of hydrogen-bond donors (Lipinski definition) is 0. The molecule has 2 aliphatic heterocycles. The Morgan fingerprint density at radius 2 is 2.16 bits per heavy atom. The zero-order chi connectivity index (χ0) is 13.1. The van der Waals surface area contributed by atoms with Crippen LogP contribution >= 0.6 is 11.6 Å². The number of fused-ring (bicyclic) bond motifs is 1. The maximum Gasteiger partial charge on any atom is 0.123 e. The second-order valence-corrected chi connectivity index (χ2v) is 6.05. The Balaban J connectivity index is 1.60. The number of alkyl halides is 1. The van der Waals surface area contributed by atoms with Crippen LogP contribution in [0.4, 0.5) is 0 Å². The van der Waals surface area contributed by atoms with Crippen molar-refractivity contribution in [1.82, 2.24) is 4.90 Å². The molecule has 2 nitrogen and oxygen atoms in total. The predicted molar refractivity (Wildman–Crippen MR) is 79.1 cm³/mol. The van der Waals surface area contributed by atoms with Crippen molar-refractivity contribution >= 4 is 11.6 Å². The van der Waals surface area contributed by atoms with E-state index < -0.39 is 0 Å². The Kier molecular flexibility index (Phi) is 4.29. The predicted octanol–water partition coefficient (Wildman–Crippen LogP) is 3.47. The van der Waals surface area contributed by atoms with Gasteiger partial charge < -0.3 is 4.74 Å². The standard InChI is InChI=1S/C16H22ClNO/c17-9-8-14-6-3-4-10-18(14)12-15-11-13-5-1-2-7-16(13)19-15/h1-2,5,7,14-15H,3-4,6,8-12H2. The summed E-state index contributed by atoms with van der Waals surface area (Å²) in [7, 11) is 0. The summed E-state index contributed by atoms with van der Waals surface area (Å²) in [6.07, 6.45) is 6.46. The number of nitrogens with zero attached hydrogens (tertiary/aromatic N) is 1. The zero-order valence-electron chi connectivity index (χ0n) is 11.4. The summed E-state index contributed by atoms with van der Waals surface area (Å²) >= 11 is 5.93. The van der Waals surface area contributed by atoms with Crippen LogP contribution in [-0.2, 0) is 6.42 Å². The molecule has 1 fully saturated rings. The molecular weight excluding hydrogens is 258 g/mol. The Labute approximate surface area is 120 Å². The highest BCUT2D eigenvalue weighted by Crippen LogP contribution is 2.30. The van der Waals surface area contributed by atoms with Gasteiger partial charge in [-0.15, -0.1) is 11.6 Å². The van der Waals surface area contributed by atoms with Crippen molar-refractivity contribution in [3.63, 3.8) is 0 Å². The third kappa shape index (κ3) is 3.06. The molecule has 0 aliphatic carbocycles. The van der Waals surface area contributed by atoms with E-state index in [9.17, 15) is 0 Å². The van der Waals surface area contributed by atoms with Gasteiger partial charge in [0.1, 0.15) is 11.9 Å². The number of likely N-dealkylation sites (tertiary alicyclic amines) is 1. The molecule has 2 heterocycles. The lowest BCUT2D eigenvalue weighted by atomic mass is 9.99. The first kappa shape index (κ1) is 13.3. The van der Waals surface area contributed by atoms with Gasteiger partial charge in [0.05, 0.1) is 0 Å². The molecule has 2 unspecified atom stereocenters. The second kappa shape index (κ2) is 6.15. The molecule has 0 radical (unpaired) electrons. The lowest BCUT2D eigenvalue weighted by molar-refractivity contribution is 0.0885. The number of para-hydroxylation sites is 1. The summed E-state index contributed by atoms with van der Waals surface area (Å²) in [6.45, 7) is 2.26. The molecule has 0 amide bonds. The summed E-state index contributed by atoms with van der Waals surface area (Å²) in [5, 5.41) is 0. The molecule has 19 heavy (non-hydrogen) atoms. The summed E-state index contributed by atoms with van der Waals surface area (Å²) in [5.74, 6) is 1.85. The molecule has 3 heteroatoms. The fourth-order valence-electron chi connectivity index (χ4n) is 3.37. The van der Waals surface area contributed by atoms with Crippen molar-refractivity contribution in [2.75, 3.05) is 19.0 Å². The number of rotatable bonds is 4. The average molecular weight is 280 g/mol. The Hall–Kier alpha value is -0.730. The number of piperidine rings is 1. The molecule has 2 atom stereocenters. The summed E-state index contributed by atoms with van der Waals surface area (Å²) in [5.41, 5.74) is 1.36. The first-order chi connectivity index (χ1) is 9.36. The van der Waals surface area contributed by atoms with E-state index in [-0.39, 0.29) is 0 Å². The van der Waals surface area contributed by atoms with Crippen LogP contribution in [0.25, 0.3) is 0 Å². The molecule has 0 spiro atoms. The third-order valence-electron chi connectivity index (χ3n) is 4.34. The van der Waals surface area contributed by atoms with Crippen LogP contribution in [0.2, 0.25) is 0 Å². The molecule has 0 saturated carbocycles. The zero-order valence-corrected chi connectivity index (χ0v) is 12.1. The van der Waals surface area contributed by atoms with Gasteiger partial charge in [-0.25, -0.2) is 0 Å². The van der Waals surface area contributed by atoms with E-state index in [1.807, 2.05) is 0 Å². The summed E-state index contributed by atoms with van der Waals surface area (Å²) < 4.78 is 6.06. The molecule has 3 rings (SSSR count). The van der Waals surface area contributed by atoms with Crippen LogP contribution < -0.4 is 4.74 Å². The van der Waals surface area contributed by atoms with E-state index in [1.54, 1.807) is 0 Å². The molecule has 104 valence electrons. The molecule has 0 N–H and O–H groups in total. The van der Waals surface area contributed by atoms with Gasteiger partial charge in [0.15, 0.2) is 0 Å². The maximum atomic E-state index is 6.06. The monoisotopic (exact) mass is 279 g/mol. The molecule has 1 aromatic rings. The molecule has 2 aliphatic rings.